The number of nitrogens with one attached hydrogen (secondary N) is 1. The molecular weight excluding hydrogens is 290 g/mol. The average molecular weight is 311 g/mol. The summed E-state index contributed by atoms with van der Waals surface area (Å²) in [4.78, 5) is 30.8. The van der Waals surface area contributed by atoms with E-state index in [1.165, 1.54) is 0 Å². The Morgan fingerprint density at radius 3 is 3.09 bits per heavy atom. The van der Waals surface area contributed by atoms with Crippen molar-refractivity contribution in [2.45, 2.75) is 32.2 Å². The third kappa shape index (κ3) is 3.33. The second kappa shape index (κ2) is 6.77. The molecule has 120 valence electrons. The molecule has 0 aliphatic carbocycles. The zero-order chi connectivity index (χ0) is 16.2. The summed E-state index contributed by atoms with van der Waals surface area (Å²) in [7, 11) is 0. The fourth-order valence-electron chi connectivity index (χ4n) is 3.08. The van der Waals surface area contributed by atoms with E-state index >= 15 is 0 Å². The van der Waals surface area contributed by atoms with Crippen molar-refractivity contribution in [2.24, 2.45) is 0 Å². The summed E-state index contributed by atoms with van der Waals surface area (Å²) >= 11 is 0. The third-order valence-electron chi connectivity index (χ3n) is 4.29. The van der Waals surface area contributed by atoms with Crippen molar-refractivity contribution in [1.29, 1.82) is 0 Å². The van der Waals surface area contributed by atoms with Gasteiger partial charge >= 0.3 is 0 Å². The summed E-state index contributed by atoms with van der Waals surface area (Å²) < 4.78 is 0. The van der Waals surface area contributed by atoms with E-state index in [1.807, 2.05) is 37.3 Å². The monoisotopic (exact) mass is 311 g/mol. The number of pyridine rings is 1. The largest absolute Gasteiger partial charge is 0.354 e. The molecule has 1 N–H and O–H groups in total. The Hall–Kier alpha value is -2.43. The highest BCUT2D eigenvalue weighted by molar-refractivity contribution is 5.89. The van der Waals surface area contributed by atoms with Crippen LogP contribution < -0.4 is 5.32 Å². The van der Waals surface area contributed by atoms with Crippen LogP contribution in [0.4, 0.5) is 0 Å². The highest BCUT2D eigenvalue weighted by atomic mass is 16.2. The van der Waals surface area contributed by atoms with Crippen LogP contribution in [-0.4, -0.2) is 40.8 Å². The van der Waals surface area contributed by atoms with Gasteiger partial charge in [0.25, 0.3) is 0 Å². The molecule has 1 aliphatic heterocycles. The molecule has 5 heteroatoms. The lowest BCUT2D eigenvalue weighted by molar-refractivity contribution is -0.139. The van der Waals surface area contributed by atoms with Crippen molar-refractivity contribution in [3.05, 3.63) is 42.1 Å². The lowest BCUT2D eigenvalue weighted by atomic mass is 10.1. The van der Waals surface area contributed by atoms with Crippen molar-refractivity contribution in [3.63, 3.8) is 0 Å². The van der Waals surface area contributed by atoms with Gasteiger partial charge in [-0.05, 0) is 30.5 Å². The molecule has 2 amide bonds. The van der Waals surface area contributed by atoms with Gasteiger partial charge in [-0.15, -0.1) is 0 Å². The molecule has 1 aromatic carbocycles. The molecule has 1 atom stereocenters. The molecule has 3 rings (SSSR count). The number of amides is 2. The minimum atomic E-state index is -0.358. The molecule has 0 radical (unpaired) electrons. The summed E-state index contributed by atoms with van der Waals surface area (Å²) in [5, 5.41) is 3.94. The molecule has 23 heavy (non-hydrogen) atoms. The van der Waals surface area contributed by atoms with E-state index in [4.69, 9.17) is 0 Å². The van der Waals surface area contributed by atoms with Gasteiger partial charge in [0.2, 0.25) is 11.8 Å². The van der Waals surface area contributed by atoms with Crippen LogP contribution in [0.25, 0.3) is 10.9 Å². The molecule has 0 unspecified atom stereocenters. The topological polar surface area (TPSA) is 62.3 Å². The van der Waals surface area contributed by atoms with Gasteiger partial charge in [-0.3, -0.25) is 14.6 Å². The van der Waals surface area contributed by atoms with E-state index in [0.29, 0.717) is 25.9 Å². The Morgan fingerprint density at radius 2 is 2.26 bits per heavy atom. The Labute approximate surface area is 135 Å². The molecule has 1 aromatic heterocycles. The van der Waals surface area contributed by atoms with Gasteiger partial charge in [0.05, 0.1) is 11.9 Å². The summed E-state index contributed by atoms with van der Waals surface area (Å²) in [5.74, 6) is -0.0392. The van der Waals surface area contributed by atoms with Crippen molar-refractivity contribution in [1.82, 2.24) is 15.2 Å². The van der Waals surface area contributed by atoms with Crippen LogP contribution in [0, 0.1) is 0 Å². The molecule has 0 saturated carbocycles. The van der Waals surface area contributed by atoms with Gasteiger partial charge in [0.15, 0.2) is 0 Å². The summed E-state index contributed by atoms with van der Waals surface area (Å²) in [6, 6.07) is 9.43. The maximum absolute atomic E-state index is 12.7. The maximum atomic E-state index is 12.7. The fourth-order valence-corrected chi connectivity index (χ4v) is 3.08. The molecule has 0 spiro atoms. The normalized spacial score (nSPS) is 18.6. The number of carbonyl (C=O) groups is 2. The number of hydrogen-bond donors (Lipinski definition) is 1. The van der Waals surface area contributed by atoms with Gasteiger partial charge in [0, 0.05) is 24.7 Å². The van der Waals surface area contributed by atoms with Crippen LogP contribution >= 0.6 is 0 Å². The van der Waals surface area contributed by atoms with E-state index < -0.39 is 0 Å². The first-order valence-corrected chi connectivity index (χ1v) is 8.10. The van der Waals surface area contributed by atoms with Gasteiger partial charge < -0.3 is 10.2 Å². The number of aromatic nitrogens is 1. The molecule has 1 saturated heterocycles. The van der Waals surface area contributed by atoms with Gasteiger partial charge in [-0.25, -0.2) is 0 Å². The first kappa shape index (κ1) is 15.5. The van der Waals surface area contributed by atoms with Crippen LogP contribution in [0.1, 0.15) is 25.3 Å². The van der Waals surface area contributed by atoms with Crippen molar-refractivity contribution < 1.29 is 9.59 Å². The average Bonchev–Trinajstić information content (AvgIpc) is 2.76. The smallest absolute Gasteiger partial charge is 0.242 e. The predicted molar refractivity (Wildman–Crippen MR) is 88.9 cm³/mol. The summed E-state index contributed by atoms with van der Waals surface area (Å²) in [5.41, 5.74) is 1.82. The predicted octanol–water partition coefficient (Wildman–Crippen LogP) is 1.90. The van der Waals surface area contributed by atoms with Gasteiger partial charge in [-0.2, -0.15) is 0 Å². The van der Waals surface area contributed by atoms with Gasteiger partial charge in [-0.1, -0.05) is 25.1 Å². The van der Waals surface area contributed by atoms with E-state index in [9.17, 15) is 9.59 Å². The minimum absolute atomic E-state index is 0.00387. The number of fused-ring (bicyclic) bond motifs is 1. The third-order valence-corrected chi connectivity index (χ3v) is 4.29. The number of nitrogens with zero attached hydrogens (tertiary/aromatic N) is 2. The van der Waals surface area contributed by atoms with Crippen LogP contribution in [0.2, 0.25) is 0 Å². The molecule has 2 aromatic rings. The van der Waals surface area contributed by atoms with Crippen LogP contribution in [0.5, 0.6) is 0 Å². The van der Waals surface area contributed by atoms with Crippen molar-refractivity contribution in [3.8, 4) is 0 Å². The Bertz CT molecular complexity index is 729. The SMILES string of the molecule is CC[C@@H]1C(=O)NCCCN1C(=O)Cc1ccc2cccnc2c1. The Balaban J connectivity index is 1.79. The highest BCUT2D eigenvalue weighted by Gasteiger charge is 2.29. The molecule has 5 nitrogen and oxygen atoms in total. The lowest BCUT2D eigenvalue weighted by Gasteiger charge is -2.27. The van der Waals surface area contributed by atoms with E-state index in [-0.39, 0.29) is 17.9 Å². The maximum Gasteiger partial charge on any atom is 0.242 e. The van der Waals surface area contributed by atoms with Crippen LogP contribution in [0.3, 0.4) is 0 Å². The van der Waals surface area contributed by atoms with E-state index in [2.05, 4.69) is 10.3 Å². The lowest BCUT2D eigenvalue weighted by Crippen LogP contribution is -2.47. The zero-order valence-corrected chi connectivity index (χ0v) is 13.3. The number of benzene rings is 1. The van der Waals surface area contributed by atoms with Gasteiger partial charge in [0.1, 0.15) is 6.04 Å². The molecular formula is C18H21N3O2. The second-order valence-electron chi connectivity index (χ2n) is 5.86. The summed E-state index contributed by atoms with van der Waals surface area (Å²) in [6.07, 6.45) is 3.49. The van der Waals surface area contributed by atoms with E-state index in [1.54, 1.807) is 11.1 Å². The first-order chi connectivity index (χ1) is 11.2. The molecule has 2 heterocycles. The second-order valence-corrected chi connectivity index (χ2v) is 5.86. The quantitative estimate of drug-likeness (QED) is 0.942. The Morgan fingerprint density at radius 1 is 1.39 bits per heavy atom. The molecule has 0 bridgehead atoms. The van der Waals surface area contributed by atoms with Crippen LogP contribution in [-0.2, 0) is 16.0 Å². The Kier molecular flexibility index (Phi) is 4.55. The van der Waals surface area contributed by atoms with Crippen molar-refractivity contribution in [2.75, 3.05) is 13.1 Å². The first-order valence-electron chi connectivity index (χ1n) is 8.10. The van der Waals surface area contributed by atoms with E-state index in [0.717, 1.165) is 22.9 Å². The highest BCUT2D eigenvalue weighted by Crippen LogP contribution is 2.16. The summed E-state index contributed by atoms with van der Waals surface area (Å²) in [6.45, 7) is 3.21. The molecule has 1 fully saturated rings. The standard InChI is InChI=1S/C18H21N3O2/c1-2-16-18(23)20-9-4-10-21(16)17(22)12-13-6-7-14-5-3-8-19-15(14)11-13/h3,5-8,11,16H,2,4,9-10,12H2,1H3,(H,20,23)/t16-/m1/s1. The van der Waals surface area contributed by atoms with Crippen LogP contribution in [0.15, 0.2) is 36.5 Å². The molecule has 1 aliphatic rings. The van der Waals surface area contributed by atoms with Crippen molar-refractivity contribution >= 4 is 22.7 Å². The fraction of sp³-hybridized carbons (Fsp3) is 0.389. The minimum Gasteiger partial charge on any atom is -0.354 e. The number of carbonyl (C=O) groups excluding carboxylic acids is 2. The number of hydrogen-bond acceptors (Lipinski definition) is 3. The number of rotatable bonds is 3. The zero-order valence-electron chi connectivity index (χ0n) is 13.3.